The van der Waals surface area contributed by atoms with Crippen molar-refractivity contribution in [2.24, 2.45) is 0 Å². The zero-order chi connectivity index (χ0) is 9.68. The molecule has 0 saturated carbocycles. The first-order valence-corrected chi connectivity index (χ1v) is 3.85. The van der Waals surface area contributed by atoms with Crippen molar-refractivity contribution in [1.29, 1.82) is 5.26 Å². The summed E-state index contributed by atoms with van der Waals surface area (Å²) in [4.78, 5) is 3.99. The molecule has 0 aliphatic rings. The van der Waals surface area contributed by atoms with Gasteiger partial charge in [-0.2, -0.15) is 5.26 Å². The molecule has 4 nitrogen and oxygen atoms in total. The second kappa shape index (κ2) is 4.43. The fraction of sp³-hybridized carbons (Fsp3) is 0.333. The van der Waals surface area contributed by atoms with Crippen molar-refractivity contribution in [3.63, 3.8) is 0 Å². The third kappa shape index (κ3) is 2.17. The fourth-order valence-corrected chi connectivity index (χ4v) is 0.982. The number of ether oxygens (including phenoxy) is 1. The standard InChI is InChI=1S/C9H10N2O2/c1-13-9-4-8(2-3-12)11-6-7(9)5-10/h4,6,12H,2-3H2,1H3. The summed E-state index contributed by atoms with van der Waals surface area (Å²) in [5.41, 5.74) is 1.13. The molecule has 0 radical (unpaired) electrons. The van der Waals surface area contributed by atoms with Crippen LogP contribution in [0.2, 0.25) is 0 Å². The first-order chi connectivity index (χ1) is 6.31. The van der Waals surface area contributed by atoms with Gasteiger partial charge in [-0.1, -0.05) is 0 Å². The van der Waals surface area contributed by atoms with E-state index in [2.05, 4.69) is 4.98 Å². The van der Waals surface area contributed by atoms with E-state index in [-0.39, 0.29) is 6.61 Å². The summed E-state index contributed by atoms with van der Waals surface area (Å²) in [7, 11) is 1.50. The molecule has 1 heterocycles. The minimum atomic E-state index is 0.0437. The first-order valence-electron chi connectivity index (χ1n) is 3.85. The van der Waals surface area contributed by atoms with Crippen molar-refractivity contribution in [3.05, 3.63) is 23.5 Å². The molecule has 0 saturated heterocycles. The smallest absolute Gasteiger partial charge is 0.140 e. The van der Waals surface area contributed by atoms with Gasteiger partial charge in [-0.3, -0.25) is 4.98 Å². The number of aliphatic hydroxyl groups excluding tert-OH is 1. The van der Waals surface area contributed by atoms with Crippen molar-refractivity contribution in [3.8, 4) is 11.8 Å². The molecule has 1 aromatic rings. The van der Waals surface area contributed by atoms with Crippen LogP contribution in [0.15, 0.2) is 12.3 Å². The van der Waals surface area contributed by atoms with Gasteiger partial charge in [0.1, 0.15) is 17.4 Å². The average Bonchev–Trinajstić information content (AvgIpc) is 2.18. The van der Waals surface area contributed by atoms with Crippen LogP contribution >= 0.6 is 0 Å². The molecule has 1 aromatic heterocycles. The first kappa shape index (κ1) is 9.49. The van der Waals surface area contributed by atoms with Gasteiger partial charge in [-0.25, -0.2) is 0 Å². The van der Waals surface area contributed by atoms with Crippen LogP contribution in [0.25, 0.3) is 0 Å². The number of nitrogens with zero attached hydrogens (tertiary/aromatic N) is 2. The highest BCUT2D eigenvalue weighted by atomic mass is 16.5. The molecule has 0 unspecified atom stereocenters. The van der Waals surface area contributed by atoms with Crippen LogP contribution in [0.5, 0.6) is 5.75 Å². The van der Waals surface area contributed by atoms with Gasteiger partial charge in [0, 0.05) is 31.0 Å². The Bertz CT molecular complexity index is 331. The van der Waals surface area contributed by atoms with Gasteiger partial charge in [-0.05, 0) is 0 Å². The highest BCUT2D eigenvalue weighted by Gasteiger charge is 2.03. The molecule has 68 valence electrons. The van der Waals surface area contributed by atoms with Crippen LogP contribution in [0.1, 0.15) is 11.3 Å². The fourth-order valence-electron chi connectivity index (χ4n) is 0.982. The maximum atomic E-state index is 8.66. The predicted octanol–water partition coefficient (Wildman–Crippen LogP) is 0.497. The summed E-state index contributed by atoms with van der Waals surface area (Å²) in [6, 6.07) is 3.63. The zero-order valence-electron chi connectivity index (χ0n) is 7.32. The van der Waals surface area contributed by atoms with Crippen LogP contribution < -0.4 is 4.74 Å². The maximum absolute atomic E-state index is 8.66. The zero-order valence-corrected chi connectivity index (χ0v) is 7.32. The van der Waals surface area contributed by atoms with E-state index >= 15 is 0 Å². The number of nitriles is 1. The number of rotatable bonds is 3. The van der Waals surface area contributed by atoms with E-state index in [4.69, 9.17) is 15.1 Å². The molecular weight excluding hydrogens is 168 g/mol. The molecular formula is C9H10N2O2. The minimum Gasteiger partial charge on any atom is -0.495 e. The summed E-state index contributed by atoms with van der Waals surface area (Å²) in [6.07, 6.45) is 1.92. The Hall–Kier alpha value is -1.60. The Morgan fingerprint density at radius 2 is 2.46 bits per heavy atom. The highest BCUT2D eigenvalue weighted by molar-refractivity contribution is 5.41. The lowest BCUT2D eigenvalue weighted by Crippen LogP contribution is -1.97. The van der Waals surface area contributed by atoms with E-state index < -0.39 is 0 Å². The molecule has 4 heteroatoms. The number of aromatic nitrogens is 1. The van der Waals surface area contributed by atoms with E-state index in [1.165, 1.54) is 13.3 Å². The van der Waals surface area contributed by atoms with Gasteiger partial charge in [0.2, 0.25) is 0 Å². The van der Waals surface area contributed by atoms with Crippen LogP contribution in [-0.4, -0.2) is 23.8 Å². The molecule has 13 heavy (non-hydrogen) atoms. The number of pyridine rings is 1. The lowest BCUT2D eigenvalue weighted by atomic mass is 10.2. The molecule has 0 fully saturated rings. The normalized spacial score (nSPS) is 9.31. The van der Waals surface area contributed by atoms with Gasteiger partial charge < -0.3 is 9.84 Å². The molecule has 0 bridgehead atoms. The summed E-state index contributed by atoms with van der Waals surface area (Å²) in [5, 5.41) is 17.3. The number of aliphatic hydroxyl groups is 1. The predicted molar refractivity (Wildman–Crippen MR) is 46.3 cm³/mol. The molecule has 1 rings (SSSR count). The Balaban J connectivity index is 3.00. The second-order valence-corrected chi connectivity index (χ2v) is 2.46. The van der Waals surface area contributed by atoms with Gasteiger partial charge in [-0.15, -0.1) is 0 Å². The van der Waals surface area contributed by atoms with Crippen LogP contribution in [0.4, 0.5) is 0 Å². The quantitative estimate of drug-likeness (QED) is 0.731. The third-order valence-corrected chi connectivity index (χ3v) is 1.63. The Labute approximate surface area is 76.4 Å². The molecule has 0 atom stereocenters. The third-order valence-electron chi connectivity index (χ3n) is 1.63. The van der Waals surface area contributed by atoms with E-state index in [1.54, 1.807) is 6.07 Å². The molecule has 0 amide bonds. The average molecular weight is 178 g/mol. The monoisotopic (exact) mass is 178 g/mol. The Morgan fingerprint density at radius 3 is 3.00 bits per heavy atom. The van der Waals surface area contributed by atoms with Crippen LogP contribution in [0.3, 0.4) is 0 Å². The van der Waals surface area contributed by atoms with Crippen molar-refractivity contribution < 1.29 is 9.84 Å². The maximum Gasteiger partial charge on any atom is 0.140 e. The summed E-state index contributed by atoms with van der Waals surface area (Å²) >= 11 is 0. The summed E-state index contributed by atoms with van der Waals surface area (Å²) in [6.45, 7) is 0.0437. The van der Waals surface area contributed by atoms with Crippen molar-refractivity contribution in [2.75, 3.05) is 13.7 Å². The molecule has 0 spiro atoms. The Kier molecular flexibility index (Phi) is 3.23. The lowest BCUT2D eigenvalue weighted by molar-refractivity contribution is 0.298. The molecule has 1 N–H and O–H groups in total. The van der Waals surface area contributed by atoms with Gasteiger partial charge in [0.25, 0.3) is 0 Å². The van der Waals surface area contributed by atoms with Gasteiger partial charge in [0.15, 0.2) is 0 Å². The SMILES string of the molecule is COc1cc(CCO)ncc1C#N. The van der Waals surface area contributed by atoms with E-state index in [0.29, 0.717) is 17.7 Å². The van der Waals surface area contributed by atoms with Crippen molar-refractivity contribution in [1.82, 2.24) is 4.98 Å². The summed E-state index contributed by atoms with van der Waals surface area (Å²) in [5.74, 6) is 0.501. The van der Waals surface area contributed by atoms with Gasteiger partial charge >= 0.3 is 0 Å². The lowest BCUT2D eigenvalue weighted by Gasteiger charge is -2.03. The van der Waals surface area contributed by atoms with Crippen molar-refractivity contribution >= 4 is 0 Å². The van der Waals surface area contributed by atoms with E-state index in [0.717, 1.165) is 5.69 Å². The topological polar surface area (TPSA) is 66.1 Å². The molecule has 0 aliphatic heterocycles. The molecule has 0 aromatic carbocycles. The minimum absolute atomic E-state index is 0.0437. The second-order valence-electron chi connectivity index (χ2n) is 2.46. The summed E-state index contributed by atoms with van der Waals surface area (Å²) < 4.78 is 4.98. The van der Waals surface area contributed by atoms with E-state index in [9.17, 15) is 0 Å². The largest absolute Gasteiger partial charge is 0.495 e. The molecule has 0 aliphatic carbocycles. The van der Waals surface area contributed by atoms with Gasteiger partial charge in [0.05, 0.1) is 7.11 Å². The number of hydrogen-bond donors (Lipinski definition) is 1. The van der Waals surface area contributed by atoms with Crippen LogP contribution in [-0.2, 0) is 6.42 Å². The highest BCUT2D eigenvalue weighted by Crippen LogP contribution is 2.16. The van der Waals surface area contributed by atoms with E-state index in [1.807, 2.05) is 6.07 Å². The van der Waals surface area contributed by atoms with Crippen molar-refractivity contribution in [2.45, 2.75) is 6.42 Å². The number of methoxy groups -OCH3 is 1. The Morgan fingerprint density at radius 1 is 1.69 bits per heavy atom. The van der Waals surface area contributed by atoms with Crippen LogP contribution in [0, 0.1) is 11.3 Å². The number of hydrogen-bond acceptors (Lipinski definition) is 4.